The van der Waals surface area contributed by atoms with E-state index in [2.05, 4.69) is 5.32 Å². The molecular formula is C13H14FN3O2. The molecule has 1 aliphatic heterocycles. The fourth-order valence-electron chi connectivity index (χ4n) is 1.93. The third-order valence-corrected chi connectivity index (χ3v) is 3.19. The summed E-state index contributed by atoms with van der Waals surface area (Å²) in [4.78, 5) is 12.1. The van der Waals surface area contributed by atoms with Gasteiger partial charge in [0.05, 0.1) is 11.3 Å². The molecule has 1 fully saturated rings. The average molecular weight is 263 g/mol. The van der Waals surface area contributed by atoms with Crippen LogP contribution in [0.15, 0.2) is 18.2 Å². The van der Waals surface area contributed by atoms with Gasteiger partial charge in [0.1, 0.15) is 17.4 Å². The van der Waals surface area contributed by atoms with Gasteiger partial charge in [0.2, 0.25) is 5.91 Å². The Kier molecular flexibility index (Phi) is 3.79. The van der Waals surface area contributed by atoms with E-state index in [1.807, 2.05) is 6.07 Å². The number of nitrogens with one attached hydrogen (secondary N) is 1. The molecule has 0 atom stereocenters. The summed E-state index contributed by atoms with van der Waals surface area (Å²) in [6.45, 7) is 0.858. The van der Waals surface area contributed by atoms with E-state index in [9.17, 15) is 9.18 Å². The number of ether oxygens (including phenoxy) is 1. The summed E-state index contributed by atoms with van der Waals surface area (Å²) >= 11 is 0. The van der Waals surface area contributed by atoms with Crippen LogP contribution in [0.5, 0.6) is 0 Å². The molecule has 2 rings (SSSR count). The molecule has 1 heterocycles. The summed E-state index contributed by atoms with van der Waals surface area (Å²) in [5, 5.41) is 11.5. The molecule has 5 nitrogen and oxygen atoms in total. The number of anilines is 1. The highest BCUT2D eigenvalue weighted by molar-refractivity contribution is 5.98. The van der Waals surface area contributed by atoms with Crippen LogP contribution in [0.25, 0.3) is 0 Å². The number of hydrogen-bond acceptors (Lipinski definition) is 4. The predicted octanol–water partition coefficient (Wildman–Crippen LogP) is 1.14. The van der Waals surface area contributed by atoms with Crippen molar-refractivity contribution in [1.29, 1.82) is 5.26 Å². The molecule has 0 saturated carbocycles. The van der Waals surface area contributed by atoms with Crippen molar-refractivity contribution >= 4 is 11.6 Å². The van der Waals surface area contributed by atoms with E-state index in [-0.39, 0.29) is 17.2 Å². The molecule has 0 radical (unpaired) electrons. The number of amides is 1. The van der Waals surface area contributed by atoms with Gasteiger partial charge >= 0.3 is 0 Å². The first-order valence-corrected chi connectivity index (χ1v) is 5.93. The second-order valence-electron chi connectivity index (χ2n) is 4.52. The number of halogens is 1. The van der Waals surface area contributed by atoms with E-state index in [4.69, 9.17) is 15.7 Å². The quantitative estimate of drug-likeness (QED) is 0.837. The lowest BCUT2D eigenvalue weighted by Gasteiger charge is -2.31. The summed E-state index contributed by atoms with van der Waals surface area (Å²) in [5.74, 6) is -0.901. The molecule has 0 unspecified atom stereocenters. The lowest BCUT2D eigenvalue weighted by atomic mass is 9.90. The van der Waals surface area contributed by atoms with E-state index in [0.717, 1.165) is 6.07 Å². The molecule has 19 heavy (non-hydrogen) atoms. The Hall–Kier alpha value is -1.97. The van der Waals surface area contributed by atoms with Gasteiger partial charge in [-0.3, -0.25) is 4.79 Å². The van der Waals surface area contributed by atoms with E-state index >= 15 is 0 Å². The van der Waals surface area contributed by atoms with Crippen LogP contribution >= 0.6 is 0 Å². The third-order valence-electron chi connectivity index (χ3n) is 3.19. The van der Waals surface area contributed by atoms with Gasteiger partial charge in [-0.15, -0.1) is 0 Å². The molecule has 1 saturated heterocycles. The Morgan fingerprint density at radius 1 is 1.47 bits per heavy atom. The van der Waals surface area contributed by atoms with Crippen molar-refractivity contribution in [3.63, 3.8) is 0 Å². The predicted molar refractivity (Wildman–Crippen MR) is 66.7 cm³/mol. The van der Waals surface area contributed by atoms with Crippen molar-refractivity contribution in [1.82, 2.24) is 0 Å². The minimum atomic E-state index is -1.00. The van der Waals surface area contributed by atoms with Crippen molar-refractivity contribution in [3.8, 4) is 6.07 Å². The topological polar surface area (TPSA) is 88.1 Å². The number of carbonyl (C=O) groups excluding carboxylic acids is 1. The molecular weight excluding hydrogens is 249 g/mol. The van der Waals surface area contributed by atoms with Gasteiger partial charge in [-0.25, -0.2) is 4.39 Å². The number of nitrogens with two attached hydrogens (primary N) is 1. The second kappa shape index (κ2) is 5.34. The van der Waals surface area contributed by atoms with Crippen LogP contribution in [0.2, 0.25) is 0 Å². The zero-order valence-corrected chi connectivity index (χ0v) is 10.3. The van der Waals surface area contributed by atoms with Crippen LogP contribution in [-0.4, -0.2) is 24.7 Å². The zero-order chi connectivity index (χ0) is 13.9. The normalized spacial score (nSPS) is 17.5. The van der Waals surface area contributed by atoms with Crippen LogP contribution in [0, 0.1) is 17.1 Å². The lowest BCUT2D eigenvalue weighted by Crippen LogP contribution is -2.54. The van der Waals surface area contributed by atoms with Gasteiger partial charge in [-0.2, -0.15) is 5.26 Å². The summed E-state index contributed by atoms with van der Waals surface area (Å²) in [6, 6.07) is 5.45. The zero-order valence-electron chi connectivity index (χ0n) is 10.3. The molecule has 0 aliphatic carbocycles. The van der Waals surface area contributed by atoms with Crippen molar-refractivity contribution in [3.05, 3.63) is 29.6 Å². The van der Waals surface area contributed by atoms with Crippen molar-refractivity contribution in [2.45, 2.75) is 18.4 Å². The number of hydrogen-bond donors (Lipinski definition) is 2. The summed E-state index contributed by atoms with van der Waals surface area (Å²) in [6.07, 6.45) is 0.837. The Bertz CT molecular complexity index is 533. The van der Waals surface area contributed by atoms with Gasteiger partial charge in [-0.05, 0) is 31.0 Å². The number of nitrogens with zero attached hydrogens (tertiary/aromatic N) is 1. The van der Waals surface area contributed by atoms with Crippen LogP contribution in [0.4, 0.5) is 10.1 Å². The monoisotopic (exact) mass is 263 g/mol. The molecule has 1 aromatic rings. The molecule has 0 spiro atoms. The highest BCUT2D eigenvalue weighted by Gasteiger charge is 2.36. The maximum absolute atomic E-state index is 13.0. The standard InChI is InChI=1S/C13H14FN3O2/c14-10-1-2-11(9(7-10)8-15)17-12(18)13(16)3-5-19-6-4-13/h1-2,7H,3-6,16H2,(H,17,18). The molecule has 1 amide bonds. The van der Waals surface area contributed by atoms with Crippen LogP contribution < -0.4 is 11.1 Å². The molecule has 0 aromatic heterocycles. The lowest BCUT2D eigenvalue weighted by molar-refractivity contribution is -0.124. The van der Waals surface area contributed by atoms with Crippen LogP contribution in [0.1, 0.15) is 18.4 Å². The van der Waals surface area contributed by atoms with Crippen molar-refractivity contribution in [2.75, 3.05) is 18.5 Å². The van der Waals surface area contributed by atoms with Crippen LogP contribution in [-0.2, 0) is 9.53 Å². The SMILES string of the molecule is N#Cc1cc(F)ccc1NC(=O)C1(N)CCOCC1. The van der Waals surface area contributed by atoms with E-state index in [1.54, 1.807) is 0 Å². The smallest absolute Gasteiger partial charge is 0.244 e. The largest absolute Gasteiger partial charge is 0.381 e. The first-order chi connectivity index (χ1) is 9.05. The van der Waals surface area contributed by atoms with E-state index < -0.39 is 11.4 Å². The molecule has 100 valence electrons. The van der Waals surface area contributed by atoms with Crippen molar-refractivity contribution in [2.24, 2.45) is 5.73 Å². The Morgan fingerprint density at radius 3 is 2.79 bits per heavy atom. The van der Waals surface area contributed by atoms with Gasteiger partial charge in [-0.1, -0.05) is 0 Å². The van der Waals surface area contributed by atoms with E-state index in [1.165, 1.54) is 12.1 Å². The highest BCUT2D eigenvalue weighted by Crippen LogP contribution is 2.22. The highest BCUT2D eigenvalue weighted by atomic mass is 19.1. The minimum Gasteiger partial charge on any atom is -0.381 e. The summed E-state index contributed by atoms with van der Waals surface area (Å²) < 4.78 is 18.2. The minimum absolute atomic E-state index is 0.0732. The fourth-order valence-corrected chi connectivity index (χ4v) is 1.93. The average Bonchev–Trinajstić information content (AvgIpc) is 2.41. The Morgan fingerprint density at radius 2 is 2.16 bits per heavy atom. The van der Waals surface area contributed by atoms with E-state index in [0.29, 0.717) is 26.1 Å². The van der Waals surface area contributed by atoms with Crippen molar-refractivity contribution < 1.29 is 13.9 Å². The number of nitriles is 1. The summed E-state index contributed by atoms with van der Waals surface area (Å²) in [5.41, 5.74) is 5.36. The molecule has 1 aliphatic rings. The number of rotatable bonds is 2. The maximum Gasteiger partial charge on any atom is 0.244 e. The number of carbonyl (C=O) groups is 1. The molecule has 0 bridgehead atoms. The summed E-state index contributed by atoms with van der Waals surface area (Å²) in [7, 11) is 0. The maximum atomic E-state index is 13.0. The first kappa shape index (κ1) is 13.5. The van der Waals surface area contributed by atoms with Gasteiger partial charge in [0.25, 0.3) is 0 Å². The number of benzene rings is 1. The fraction of sp³-hybridized carbons (Fsp3) is 0.385. The second-order valence-corrected chi connectivity index (χ2v) is 4.52. The third kappa shape index (κ3) is 2.89. The Labute approximate surface area is 110 Å². The van der Waals surface area contributed by atoms with Gasteiger partial charge in [0.15, 0.2) is 0 Å². The van der Waals surface area contributed by atoms with Gasteiger partial charge < -0.3 is 15.8 Å². The Balaban J connectivity index is 2.17. The van der Waals surface area contributed by atoms with Crippen LogP contribution in [0.3, 0.4) is 0 Å². The molecule has 1 aromatic carbocycles. The molecule has 6 heteroatoms. The first-order valence-electron chi connectivity index (χ1n) is 5.93. The van der Waals surface area contributed by atoms with Gasteiger partial charge in [0, 0.05) is 13.2 Å². The molecule has 3 N–H and O–H groups in total.